The number of halogens is 1. The highest BCUT2D eigenvalue weighted by molar-refractivity contribution is 6.31. The van der Waals surface area contributed by atoms with E-state index in [4.69, 9.17) is 16.3 Å². The standard InChI is InChI=1S/C19H19ClN4O3/c1-19(2,3)27-18(26)24-16-10-13(25)9-15(22-16)23-17-14-8-12(20)5-4-11(14)6-7-21-17/h4-10H,1-3H3,(H3,21,22,23,24,25,26). The smallest absolute Gasteiger partial charge is 0.413 e. The Morgan fingerprint density at radius 2 is 1.89 bits per heavy atom. The molecule has 140 valence electrons. The van der Waals surface area contributed by atoms with Crippen molar-refractivity contribution in [2.24, 2.45) is 0 Å². The maximum absolute atomic E-state index is 12.0. The summed E-state index contributed by atoms with van der Waals surface area (Å²) in [6.45, 7) is 5.26. The number of hydrogen-bond donors (Lipinski definition) is 3. The number of anilines is 3. The first kappa shape index (κ1) is 18.7. The second-order valence-electron chi connectivity index (χ2n) is 6.92. The summed E-state index contributed by atoms with van der Waals surface area (Å²) in [7, 11) is 0. The first-order chi connectivity index (χ1) is 12.7. The molecule has 0 aliphatic carbocycles. The fraction of sp³-hybridized carbons (Fsp3) is 0.211. The number of benzene rings is 1. The zero-order chi connectivity index (χ0) is 19.6. The number of aromatic nitrogens is 2. The topological polar surface area (TPSA) is 96.1 Å². The Hall–Kier alpha value is -3.06. The van der Waals surface area contributed by atoms with Crippen LogP contribution < -0.4 is 16.1 Å². The van der Waals surface area contributed by atoms with Crippen molar-refractivity contribution in [2.75, 3.05) is 10.6 Å². The molecule has 1 amide bonds. The van der Waals surface area contributed by atoms with E-state index in [1.165, 1.54) is 12.1 Å². The molecular weight excluding hydrogens is 368 g/mol. The minimum atomic E-state index is -0.662. The van der Waals surface area contributed by atoms with Crippen LogP contribution in [0.15, 0.2) is 47.4 Å². The van der Waals surface area contributed by atoms with Crippen molar-refractivity contribution in [2.45, 2.75) is 26.4 Å². The van der Waals surface area contributed by atoms with Gasteiger partial charge in [0.2, 0.25) is 0 Å². The molecule has 2 aromatic heterocycles. The number of amides is 1. The molecule has 27 heavy (non-hydrogen) atoms. The van der Waals surface area contributed by atoms with Crippen LogP contribution in [0.1, 0.15) is 20.8 Å². The van der Waals surface area contributed by atoms with E-state index in [0.29, 0.717) is 16.7 Å². The zero-order valence-corrected chi connectivity index (χ0v) is 15.8. The lowest BCUT2D eigenvalue weighted by atomic mass is 10.1. The molecule has 0 saturated heterocycles. The third kappa shape index (κ3) is 4.98. The Kier molecular flexibility index (Phi) is 5.05. The van der Waals surface area contributed by atoms with Gasteiger partial charge in [0, 0.05) is 28.7 Å². The number of fused-ring (bicyclic) bond motifs is 1. The molecule has 8 heteroatoms. The van der Waals surface area contributed by atoms with Crippen LogP contribution >= 0.6 is 11.6 Å². The Balaban J connectivity index is 1.88. The molecule has 0 atom stereocenters. The molecule has 2 heterocycles. The zero-order valence-electron chi connectivity index (χ0n) is 15.1. The molecule has 0 spiro atoms. The predicted octanol–water partition coefficient (Wildman–Crippen LogP) is 4.67. The molecule has 3 aromatic rings. The van der Waals surface area contributed by atoms with Crippen LogP contribution in [0, 0.1) is 0 Å². The average molecular weight is 387 g/mol. The predicted molar refractivity (Wildman–Crippen MR) is 107 cm³/mol. The van der Waals surface area contributed by atoms with Crippen molar-refractivity contribution in [1.82, 2.24) is 9.97 Å². The lowest BCUT2D eigenvalue weighted by Gasteiger charge is -2.19. The van der Waals surface area contributed by atoms with Gasteiger partial charge in [-0.25, -0.2) is 9.78 Å². The number of nitrogens with one attached hydrogen (secondary N) is 3. The van der Waals surface area contributed by atoms with Gasteiger partial charge in [-0.2, -0.15) is 0 Å². The first-order valence-corrected chi connectivity index (χ1v) is 8.63. The van der Waals surface area contributed by atoms with Crippen LogP contribution in [0.25, 0.3) is 10.8 Å². The van der Waals surface area contributed by atoms with Crippen molar-refractivity contribution in [3.8, 4) is 0 Å². The van der Waals surface area contributed by atoms with E-state index in [-0.39, 0.29) is 11.2 Å². The second kappa shape index (κ2) is 7.28. The van der Waals surface area contributed by atoms with E-state index in [0.717, 1.165) is 10.8 Å². The van der Waals surface area contributed by atoms with E-state index in [1.54, 1.807) is 39.1 Å². The van der Waals surface area contributed by atoms with Gasteiger partial charge in [0.25, 0.3) is 0 Å². The highest BCUT2D eigenvalue weighted by Gasteiger charge is 2.16. The van der Waals surface area contributed by atoms with Crippen LogP contribution in [0.2, 0.25) is 5.02 Å². The summed E-state index contributed by atoms with van der Waals surface area (Å²) in [4.78, 5) is 31.2. The second-order valence-corrected chi connectivity index (χ2v) is 7.36. The van der Waals surface area contributed by atoms with Crippen LogP contribution in [0.4, 0.5) is 22.2 Å². The number of H-pyrrole nitrogens is 1. The fourth-order valence-electron chi connectivity index (χ4n) is 2.46. The summed E-state index contributed by atoms with van der Waals surface area (Å²) in [6, 6.07) is 9.95. The van der Waals surface area contributed by atoms with E-state index >= 15 is 0 Å². The van der Waals surface area contributed by atoms with Gasteiger partial charge in [-0.1, -0.05) is 17.7 Å². The van der Waals surface area contributed by atoms with E-state index in [2.05, 4.69) is 20.6 Å². The molecule has 0 aliphatic rings. The number of hydrogen-bond acceptors (Lipinski definition) is 5. The number of carbonyl (C=O) groups is 1. The summed E-state index contributed by atoms with van der Waals surface area (Å²) in [5.41, 5.74) is -0.938. The SMILES string of the molecule is CC(C)(C)OC(=O)Nc1cc(=O)cc(Nc2nccc3ccc(Cl)cc23)[nH]1. The van der Waals surface area contributed by atoms with Gasteiger partial charge in [-0.15, -0.1) is 0 Å². The summed E-state index contributed by atoms with van der Waals surface area (Å²) >= 11 is 6.08. The van der Waals surface area contributed by atoms with E-state index < -0.39 is 11.7 Å². The number of nitrogens with zero attached hydrogens (tertiary/aromatic N) is 1. The van der Waals surface area contributed by atoms with Gasteiger partial charge in [0.1, 0.15) is 23.1 Å². The molecule has 0 radical (unpaired) electrons. The fourth-order valence-corrected chi connectivity index (χ4v) is 2.63. The van der Waals surface area contributed by atoms with Crippen molar-refractivity contribution in [3.05, 3.63) is 57.8 Å². The van der Waals surface area contributed by atoms with Crippen LogP contribution in [-0.4, -0.2) is 21.7 Å². The largest absolute Gasteiger partial charge is 0.444 e. The van der Waals surface area contributed by atoms with Crippen molar-refractivity contribution in [1.29, 1.82) is 0 Å². The van der Waals surface area contributed by atoms with Crippen LogP contribution in [-0.2, 0) is 4.74 Å². The number of pyridine rings is 2. The number of ether oxygens (including phenoxy) is 1. The Morgan fingerprint density at radius 3 is 2.63 bits per heavy atom. The van der Waals surface area contributed by atoms with Crippen LogP contribution in [0.3, 0.4) is 0 Å². The van der Waals surface area contributed by atoms with Gasteiger partial charge in [-0.3, -0.25) is 10.1 Å². The average Bonchev–Trinajstić information content (AvgIpc) is 2.53. The highest BCUT2D eigenvalue weighted by Crippen LogP contribution is 2.26. The first-order valence-electron chi connectivity index (χ1n) is 8.25. The normalized spacial score (nSPS) is 11.3. The van der Waals surface area contributed by atoms with Crippen molar-refractivity contribution < 1.29 is 9.53 Å². The van der Waals surface area contributed by atoms with E-state index in [1.807, 2.05) is 12.1 Å². The lowest BCUT2D eigenvalue weighted by Crippen LogP contribution is -2.27. The van der Waals surface area contributed by atoms with Gasteiger partial charge >= 0.3 is 6.09 Å². The van der Waals surface area contributed by atoms with Crippen molar-refractivity contribution in [3.63, 3.8) is 0 Å². The summed E-state index contributed by atoms with van der Waals surface area (Å²) in [5, 5.41) is 7.90. The molecule has 3 rings (SSSR count). The summed E-state index contributed by atoms with van der Waals surface area (Å²) < 4.78 is 5.19. The van der Waals surface area contributed by atoms with Gasteiger partial charge < -0.3 is 15.0 Å². The van der Waals surface area contributed by atoms with Gasteiger partial charge in [-0.05, 0) is 44.4 Å². The number of rotatable bonds is 3. The minimum absolute atomic E-state index is 0.206. The molecule has 3 N–H and O–H groups in total. The quantitative estimate of drug-likeness (QED) is 0.608. The molecule has 0 saturated carbocycles. The number of aromatic amines is 1. The number of carbonyl (C=O) groups excluding carboxylic acids is 1. The molecule has 0 unspecified atom stereocenters. The molecular formula is C19H19ClN4O3. The third-order valence-electron chi connectivity index (χ3n) is 3.46. The Morgan fingerprint density at radius 1 is 1.15 bits per heavy atom. The monoisotopic (exact) mass is 386 g/mol. The third-order valence-corrected chi connectivity index (χ3v) is 3.69. The highest BCUT2D eigenvalue weighted by atomic mass is 35.5. The lowest BCUT2D eigenvalue weighted by molar-refractivity contribution is 0.0635. The van der Waals surface area contributed by atoms with Gasteiger partial charge in [0.05, 0.1) is 0 Å². The van der Waals surface area contributed by atoms with E-state index in [9.17, 15) is 9.59 Å². The van der Waals surface area contributed by atoms with Crippen LogP contribution in [0.5, 0.6) is 0 Å². The maximum atomic E-state index is 12.0. The Bertz CT molecular complexity index is 1060. The molecule has 1 aromatic carbocycles. The van der Waals surface area contributed by atoms with Crippen molar-refractivity contribution >= 4 is 45.9 Å². The Labute approximate surface area is 160 Å². The molecule has 0 fully saturated rings. The molecule has 0 bridgehead atoms. The van der Waals surface area contributed by atoms with Gasteiger partial charge in [0.15, 0.2) is 5.43 Å². The molecule has 7 nitrogen and oxygen atoms in total. The summed E-state index contributed by atoms with van der Waals surface area (Å²) in [5.74, 6) is 1.10. The summed E-state index contributed by atoms with van der Waals surface area (Å²) in [6.07, 6.45) is 0.991. The maximum Gasteiger partial charge on any atom is 0.413 e. The molecule has 0 aliphatic heterocycles. The minimum Gasteiger partial charge on any atom is -0.444 e.